The molecule has 0 saturated heterocycles. The zero-order chi connectivity index (χ0) is 16.9. The first-order valence-corrected chi connectivity index (χ1v) is 9.45. The summed E-state index contributed by atoms with van der Waals surface area (Å²) in [7, 11) is 0. The van der Waals surface area contributed by atoms with Gasteiger partial charge in [-0.3, -0.25) is 14.3 Å². The largest absolute Gasteiger partial charge is 0.353 e. The maximum Gasteiger partial charge on any atom is 0.230 e. The highest BCUT2D eigenvalue weighted by Crippen LogP contribution is 2.40. The van der Waals surface area contributed by atoms with Crippen molar-refractivity contribution in [3.63, 3.8) is 0 Å². The minimum Gasteiger partial charge on any atom is -0.353 e. The van der Waals surface area contributed by atoms with Gasteiger partial charge in [-0.25, -0.2) is 0 Å². The second kappa shape index (κ2) is 7.79. The summed E-state index contributed by atoms with van der Waals surface area (Å²) >= 11 is 1.46. The Morgan fingerprint density at radius 2 is 2.29 bits per heavy atom. The van der Waals surface area contributed by atoms with Gasteiger partial charge in [0.05, 0.1) is 5.75 Å². The molecule has 24 heavy (non-hydrogen) atoms. The lowest BCUT2D eigenvalue weighted by molar-refractivity contribution is -0.119. The van der Waals surface area contributed by atoms with Crippen molar-refractivity contribution in [3.05, 3.63) is 24.5 Å². The third-order valence-electron chi connectivity index (χ3n) is 3.96. The fraction of sp³-hybridized carbons (Fsp3) is 0.529. The van der Waals surface area contributed by atoms with Gasteiger partial charge in [0.1, 0.15) is 0 Å². The van der Waals surface area contributed by atoms with Crippen LogP contribution in [0.3, 0.4) is 0 Å². The van der Waals surface area contributed by atoms with Gasteiger partial charge in [0.25, 0.3) is 0 Å². The standard InChI is InChI=1S/C17H23N5OS/c1-3-5-12(2)19-15(23)11-24-17-21-20-16(22(17)14-7-8-14)13-6-4-9-18-10-13/h4,6,9-10,12,14H,3,5,7-8,11H2,1-2H3,(H,19,23)/t12-/m1/s1. The first-order valence-electron chi connectivity index (χ1n) is 8.46. The van der Waals surface area contributed by atoms with E-state index in [1.807, 2.05) is 19.1 Å². The van der Waals surface area contributed by atoms with Crippen molar-refractivity contribution in [2.24, 2.45) is 0 Å². The van der Waals surface area contributed by atoms with E-state index in [1.165, 1.54) is 11.8 Å². The van der Waals surface area contributed by atoms with E-state index in [2.05, 4.69) is 32.0 Å². The quantitative estimate of drug-likeness (QED) is 0.744. The van der Waals surface area contributed by atoms with Crippen molar-refractivity contribution < 1.29 is 4.79 Å². The van der Waals surface area contributed by atoms with Gasteiger partial charge in [-0.1, -0.05) is 25.1 Å². The van der Waals surface area contributed by atoms with Crippen LogP contribution in [0.1, 0.15) is 45.6 Å². The van der Waals surface area contributed by atoms with Gasteiger partial charge in [0.15, 0.2) is 11.0 Å². The van der Waals surface area contributed by atoms with Crippen LogP contribution in [0.2, 0.25) is 0 Å². The van der Waals surface area contributed by atoms with E-state index in [-0.39, 0.29) is 11.9 Å². The maximum absolute atomic E-state index is 12.1. The molecule has 0 spiro atoms. The molecule has 3 rings (SSSR count). The van der Waals surface area contributed by atoms with Gasteiger partial charge in [0.2, 0.25) is 5.91 Å². The third-order valence-corrected chi connectivity index (χ3v) is 4.90. The van der Waals surface area contributed by atoms with Gasteiger partial charge in [-0.15, -0.1) is 10.2 Å². The van der Waals surface area contributed by atoms with Gasteiger partial charge < -0.3 is 5.32 Å². The van der Waals surface area contributed by atoms with Crippen LogP contribution < -0.4 is 5.32 Å². The molecule has 0 bridgehead atoms. The zero-order valence-electron chi connectivity index (χ0n) is 14.1. The third kappa shape index (κ3) is 4.14. The summed E-state index contributed by atoms with van der Waals surface area (Å²) in [5.41, 5.74) is 0.963. The Labute approximate surface area is 146 Å². The van der Waals surface area contributed by atoms with E-state index in [9.17, 15) is 4.79 Å². The summed E-state index contributed by atoms with van der Waals surface area (Å²) in [5.74, 6) is 1.26. The number of pyridine rings is 1. The molecule has 2 heterocycles. The molecule has 0 aliphatic heterocycles. The molecule has 1 atom stereocenters. The average Bonchev–Trinajstić information content (AvgIpc) is 3.33. The molecule has 7 heteroatoms. The SMILES string of the molecule is CCC[C@@H](C)NC(=O)CSc1nnc(-c2cccnc2)n1C1CC1. The van der Waals surface area contributed by atoms with Crippen LogP contribution in [0, 0.1) is 0 Å². The minimum atomic E-state index is 0.0502. The molecule has 2 aromatic rings. The second-order valence-electron chi connectivity index (χ2n) is 6.19. The van der Waals surface area contributed by atoms with Crippen molar-refractivity contribution in [3.8, 4) is 11.4 Å². The molecule has 6 nitrogen and oxygen atoms in total. The average molecular weight is 345 g/mol. The number of nitrogens with one attached hydrogen (secondary N) is 1. The van der Waals surface area contributed by atoms with Gasteiger partial charge >= 0.3 is 0 Å². The molecule has 128 valence electrons. The highest BCUT2D eigenvalue weighted by molar-refractivity contribution is 7.99. The van der Waals surface area contributed by atoms with Crippen LogP contribution >= 0.6 is 11.8 Å². The first kappa shape index (κ1) is 17.0. The van der Waals surface area contributed by atoms with Crippen molar-refractivity contribution in [1.82, 2.24) is 25.1 Å². The molecule has 1 saturated carbocycles. The molecule has 1 aliphatic carbocycles. The Hall–Kier alpha value is -1.89. The van der Waals surface area contributed by atoms with Gasteiger partial charge in [-0.05, 0) is 38.3 Å². The number of aromatic nitrogens is 4. The number of carbonyl (C=O) groups excluding carboxylic acids is 1. The summed E-state index contributed by atoms with van der Waals surface area (Å²) in [6.07, 6.45) is 7.89. The zero-order valence-corrected chi connectivity index (χ0v) is 14.9. The van der Waals surface area contributed by atoms with E-state index >= 15 is 0 Å². The Morgan fingerprint density at radius 3 is 2.96 bits per heavy atom. The van der Waals surface area contributed by atoms with E-state index < -0.39 is 0 Å². The fourth-order valence-corrected chi connectivity index (χ4v) is 3.50. The van der Waals surface area contributed by atoms with E-state index in [0.717, 1.165) is 42.2 Å². The summed E-state index contributed by atoms with van der Waals surface area (Å²) in [4.78, 5) is 16.2. The Bertz CT molecular complexity index is 684. The predicted molar refractivity (Wildman–Crippen MR) is 94.8 cm³/mol. The lowest BCUT2D eigenvalue weighted by Gasteiger charge is -2.12. The minimum absolute atomic E-state index is 0.0502. The second-order valence-corrected chi connectivity index (χ2v) is 7.14. The number of rotatable bonds is 8. The Kier molecular flexibility index (Phi) is 5.50. The normalized spacial score (nSPS) is 15.2. The van der Waals surface area contributed by atoms with Crippen molar-refractivity contribution >= 4 is 17.7 Å². The van der Waals surface area contributed by atoms with Crippen LogP contribution in [0.15, 0.2) is 29.7 Å². The summed E-state index contributed by atoms with van der Waals surface area (Å²) < 4.78 is 2.16. The van der Waals surface area contributed by atoms with E-state index in [0.29, 0.717) is 11.8 Å². The molecule has 1 N–H and O–H groups in total. The predicted octanol–water partition coefficient (Wildman–Crippen LogP) is 3.07. The molecule has 0 unspecified atom stereocenters. The van der Waals surface area contributed by atoms with E-state index in [4.69, 9.17) is 0 Å². The topological polar surface area (TPSA) is 72.7 Å². The maximum atomic E-state index is 12.1. The van der Waals surface area contributed by atoms with Crippen LogP contribution in [0.4, 0.5) is 0 Å². The van der Waals surface area contributed by atoms with Crippen LogP contribution in [-0.4, -0.2) is 37.5 Å². The lowest BCUT2D eigenvalue weighted by atomic mass is 10.2. The molecular weight excluding hydrogens is 322 g/mol. The number of hydrogen-bond donors (Lipinski definition) is 1. The number of amides is 1. The van der Waals surface area contributed by atoms with Crippen molar-refractivity contribution in [1.29, 1.82) is 0 Å². The number of carbonyl (C=O) groups is 1. The van der Waals surface area contributed by atoms with Crippen LogP contribution in [0.25, 0.3) is 11.4 Å². The number of thioether (sulfide) groups is 1. The van der Waals surface area contributed by atoms with Crippen molar-refractivity contribution in [2.75, 3.05) is 5.75 Å². The Balaban J connectivity index is 1.68. The van der Waals surface area contributed by atoms with Crippen molar-refractivity contribution in [2.45, 2.75) is 56.8 Å². The summed E-state index contributed by atoms with van der Waals surface area (Å²) in [6, 6.07) is 4.55. The molecule has 1 fully saturated rings. The van der Waals surface area contributed by atoms with Gasteiger partial charge in [0, 0.05) is 30.0 Å². The molecule has 0 radical (unpaired) electrons. The highest BCUT2D eigenvalue weighted by atomic mass is 32.2. The Morgan fingerprint density at radius 1 is 1.46 bits per heavy atom. The van der Waals surface area contributed by atoms with Gasteiger partial charge in [-0.2, -0.15) is 0 Å². The number of hydrogen-bond acceptors (Lipinski definition) is 5. The summed E-state index contributed by atoms with van der Waals surface area (Å²) in [5, 5.41) is 12.5. The monoisotopic (exact) mass is 345 g/mol. The molecule has 2 aromatic heterocycles. The first-order chi connectivity index (χ1) is 11.7. The smallest absolute Gasteiger partial charge is 0.230 e. The molecule has 1 aliphatic rings. The molecule has 0 aromatic carbocycles. The van der Waals surface area contributed by atoms with Crippen LogP contribution in [-0.2, 0) is 4.79 Å². The number of nitrogens with zero attached hydrogens (tertiary/aromatic N) is 4. The molecule has 1 amide bonds. The summed E-state index contributed by atoms with van der Waals surface area (Å²) in [6.45, 7) is 4.16. The molecular formula is C17H23N5OS. The highest BCUT2D eigenvalue weighted by Gasteiger charge is 2.30. The fourth-order valence-electron chi connectivity index (χ4n) is 2.68. The van der Waals surface area contributed by atoms with Crippen LogP contribution in [0.5, 0.6) is 0 Å². The lowest BCUT2D eigenvalue weighted by Crippen LogP contribution is -2.33. The van der Waals surface area contributed by atoms with E-state index in [1.54, 1.807) is 12.4 Å².